The first-order valence-electron chi connectivity index (χ1n) is 10.5. The second-order valence-electron chi connectivity index (χ2n) is 7.93. The Labute approximate surface area is 186 Å². The van der Waals surface area contributed by atoms with Crippen molar-refractivity contribution in [1.82, 2.24) is 14.9 Å². The molecule has 0 aliphatic carbocycles. The number of anilines is 1. The lowest BCUT2D eigenvalue weighted by molar-refractivity contribution is 0.246. The van der Waals surface area contributed by atoms with Crippen LogP contribution in [0, 0.1) is 13.8 Å². The number of oxazole rings is 1. The molecular weight excluding hydrogens is 408 g/mol. The Morgan fingerprint density at radius 3 is 2.58 bits per heavy atom. The van der Waals surface area contributed by atoms with Crippen LogP contribution in [0.3, 0.4) is 0 Å². The molecule has 0 spiro atoms. The van der Waals surface area contributed by atoms with E-state index < -0.39 is 0 Å². The summed E-state index contributed by atoms with van der Waals surface area (Å²) in [5.41, 5.74) is 4.15. The molecule has 31 heavy (non-hydrogen) atoms. The Bertz CT molecular complexity index is 1170. The minimum Gasteiger partial charge on any atom is -0.496 e. The molecule has 0 unspecified atom stereocenters. The Morgan fingerprint density at radius 1 is 1.03 bits per heavy atom. The summed E-state index contributed by atoms with van der Waals surface area (Å²) in [6, 6.07) is 14.4. The average Bonchev–Trinajstić information content (AvgIpc) is 3.38. The molecule has 0 saturated carbocycles. The number of thiazole rings is 1. The highest BCUT2D eigenvalue weighted by molar-refractivity contribution is 7.22. The molecule has 0 amide bonds. The predicted molar refractivity (Wildman–Crippen MR) is 125 cm³/mol. The molecule has 0 bridgehead atoms. The third-order valence-corrected chi connectivity index (χ3v) is 6.93. The first-order chi connectivity index (χ1) is 15.1. The number of nitrogens with zero attached hydrogens (tertiary/aromatic N) is 4. The van der Waals surface area contributed by atoms with Gasteiger partial charge in [0.1, 0.15) is 11.5 Å². The van der Waals surface area contributed by atoms with Crippen molar-refractivity contribution in [1.29, 1.82) is 0 Å². The average molecular weight is 435 g/mol. The molecule has 160 valence electrons. The molecule has 6 nitrogen and oxygen atoms in total. The number of rotatable bonds is 5. The highest BCUT2D eigenvalue weighted by Gasteiger charge is 2.22. The van der Waals surface area contributed by atoms with Crippen LogP contribution in [-0.4, -0.2) is 48.2 Å². The molecule has 5 rings (SSSR count). The number of aryl methyl sites for hydroxylation is 2. The lowest BCUT2D eigenvalue weighted by Gasteiger charge is -2.34. The van der Waals surface area contributed by atoms with Crippen molar-refractivity contribution in [3.63, 3.8) is 0 Å². The van der Waals surface area contributed by atoms with E-state index in [1.807, 2.05) is 32.0 Å². The van der Waals surface area contributed by atoms with Crippen molar-refractivity contribution in [2.75, 3.05) is 38.2 Å². The van der Waals surface area contributed by atoms with Crippen LogP contribution in [0.15, 0.2) is 46.9 Å². The number of piperazine rings is 1. The maximum absolute atomic E-state index is 6.00. The van der Waals surface area contributed by atoms with Crippen molar-refractivity contribution in [2.24, 2.45) is 0 Å². The fourth-order valence-corrected chi connectivity index (χ4v) is 5.03. The van der Waals surface area contributed by atoms with Gasteiger partial charge >= 0.3 is 0 Å². The first-order valence-corrected chi connectivity index (χ1v) is 11.4. The van der Waals surface area contributed by atoms with E-state index in [1.54, 1.807) is 18.4 Å². The highest BCUT2D eigenvalue weighted by atomic mass is 32.1. The van der Waals surface area contributed by atoms with Gasteiger partial charge in [-0.15, -0.1) is 0 Å². The van der Waals surface area contributed by atoms with Crippen molar-refractivity contribution in [3.8, 4) is 17.2 Å². The highest BCUT2D eigenvalue weighted by Crippen LogP contribution is 2.30. The third kappa shape index (κ3) is 4.03. The second-order valence-corrected chi connectivity index (χ2v) is 8.94. The van der Waals surface area contributed by atoms with Gasteiger partial charge in [-0.3, -0.25) is 4.90 Å². The fourth-order valence-electron chi connectivity index (χ4n) is 4.01. The van der Waals surface area contributed by atoms with E-state index in [1.165, 1.54) is 4.70 Å². The van der Waals surface area contributed by atoms with Crippen LogP contribution >= 0.6 is 11.3 Å². The molecule has 0 N–H and O–H groups in total. The molecule has 0 radical (unpaired) electrons. The maximum atomic E-state index is 6.00. The summed E-state index contributed by atoms with van der Waals surface area (Å²) < 4.78 is 12.6. The van der Waals surface area contributed by atoms with Crippen molar-refractivity contribution in [3.05, 3.63) is 59.5 Å². The Kier molecular flexibility index (Phi) is 5.38. The number of methoxy groups -OCH3 is 1. The number of para-hydroxylation sites is 1. The van der Waals surface area contributed by atoms with Gasteiger partial charge in [-0.1, -0.05) is 23.5 Å². The molecule has 7 heteroatoms. The largest absolute Gasteiger partial charge is 0.496 e. The van der Waals surface area contributed by atoms with Crippen molar-refractivity contribution < 1.29 is 9.15 Å². The number of fused-ring (bicyclic) bond motifs is 1. The molecule has 3 heterocycles. The Balaban J connectivity index is 1.25. The molecule has 1 saturated heterocycles. The van der Waals surface area contributed by atoms with Crippen LogP contribution in [0.2, 0.25) is 0 Å². The van der Waals surface area contributed by atoms with Gasteiger partial charge in [0.05, 0.1) is 23.0 Å². The van der Waals surface area contributed by atoms with Crippen LogP contribution in [0.5, 0.6) is 5.75 Å². The molecular formula is C24H26N4O2S. The Morgan fingerprint density at radius 2 is 1.84 bits per heavy atom. The van der Waals surface area contributed by atoms with E-state index in [-0.39, 0.29) is 0 Å². The molecule has 2 aromatic heterocycles. The van der Waals surface area contributed by atoms with Crippen LogP contribution in [0.25, 0.3) is 21.7 Å². The summed E-state index contributed by atoms with van der Waals surface area (Å²) >= 11 is 1.78. The Hall–Kier alpha value is -2.90. The maximum Gasteiger partial charge on any atom is 0.226 e. The SMILES string of the molecule is COc1ccc(-c2nc(CN3CCN(c4nc5ccccc5s4)CC3)c(C)o2)cc1C. The van der Waals surface area contributed by atoms with Gasteiger partial charge in [0, 0.05) is 38.3 Å². The quantitative estimate of drug-likeness (QED) is 0.445. The lowest BCUT2D eigenvalue weighted by Crippen LogP contribution is -2.46. The van der Waals surface area contributed by atoms with Gasteiger partial charge in [-0.25, -0.2) is 9.97 Å². The van der Waals surface area contributed by atoms with Gasteiger partial charge < -0.3 is 14.1 Å². The number of aromatic nitrogens is 2. The standard InChI is InChI=1S/C24H26N4O2S/c1-16-14-18(8-9-21(16)29-3)23-25-20(17(2)30-23)15-27-10-12-28(13-11-27)24-26-19-6-4-5-7-22(19)31-24/h4-9,14H,10-13,15H2,1-3H3. The van der Waals surface area contributed by atoms with Crippen molar-refractivity contribution in [2.45, 2.75) is 20.4 Å². The van der Waals surface area contributed by atoms with Crippen LogP contribution in [-0.2, 0) is 6.54 Å². The van der Waals surface area contributed by atoms with E-state index in [9.17, 15) is 0 Å². The van der Waals surface area contributed by atoms with Gasteiger partial charge in [0.25, 0.3) is 0 Å². The van der Waals surface area contributed by atoms with Gasteiger partial charge in [-0.2, -0.15) is 0 Å². The lowest BCUT2D eigenvalue weighted by atomic mass is 10.1. The summed E-state index contributed by atoms with van der Waals surface area (Å²) in [6.45, 7) is 8.75. The minimum absolute atomic E-state index is 0.673. The zero-order valence-electron chi connectivity index (χ0n) is 18.1. The number of hydrogen-bond acceptors (Lipinski definition) is 7. The van der Waals surface area contributed by atoms with E-state index in [0.29, 0.717) is 5.89 Å². The number of ether oxygens (including phenoxy) is 1. The molecule has 1 aliphatic rings. The number of hydrogen-bond donors (Lipinski definition) is 0. The zero-order valence-corrected chi connectivity index (χ0v) is 18.9. The summed E-state index contributed by atoms with van der Waals surface area (Å²) in [5, 5.41) is 1.12. The van der Waals surface area contributed by atoms with E-state index in [2.05, 4.69) is 34.1 Å². The monoisotopic (exact) mass is 434 g/mol. The van der Waals surface area contributed by atoms with Crippen molar-refractivity contribution >= 4 is 26.7 Å². The third-order valence-electron chi connectivity index (χ3n) is 5.83. The summed E-state index contributed by atoms with van der Waals surface area (Å²) in [6.07, 6.45) is 0. The van der Waals surface area contributed by atoms with Gasteiger partial charge in [-0.05, 0) is 49.7 Å². The number of benzene rings is 2. The molecule has 1 aliphatic heterocycles. The van der Waals surface area contributed by atoms with E-state index >= 15 is 0 Å². The fraction of sp³-hybridized carbons (Fsp3) is 0.333. The van der Waals surface area contributed by atoms with Crippen LogP contribution < -0.4 is 9.64 Å². The molecule has 1 fully saturated rings. The summed E-state index contributed by atoms with van der Waals surface area (Å²) in [4.78, 5) is 14.4. The van der Waals surface area contributed by atoms with E-state index in [4.69, 9.17) is 19.1 Å². The molecule has 2 aromatic carbocycles. The molecule has 4 aromatic rings. The van der Waals surface area contributed by atoms with Crippen LogP contribution in [0.1, 0.15) is 17.0 Å². The zero-order chi connectivity index (χ0) is 21.4. The topological polar surface area (TPSA) is 54.6 Å². The second kappa shape index (κ2) is 8.32. The first kappa shape index (κ1) is 20.0. The minimum atomic E-state index is 0.673. The van der Waals surface area contributed by atoms with E-state index in [0.717, 1.165) is 71.7 Å². The summed E-state index contributed by atoms with van der Waals surface area (Å²) in [5.74, 6) is 2.43. The summed E-state index contributed by atoms with van der Waals surface area (Å²) in [7, 11) is 1.69. The molecule has 0 atom stereocenters. The smallest absolute Gasteiger partial charge is 0.226 e. The van der Waals surface area contributed by atoms with Gasteiger partial charge in [0.2, 0.25) is 5.89 Å². The normalized spacial score (nSPS) is 15.0. The van der Waals surface area contributed by atoms with Crippen LogP contribution in [0.4, 0.5) is 5.13 Å². The van der Waals surface area contributed by atoms with Gasteiger partial charge in [0.15, 0.2) is 5.13 Å². The predicted octanol–water partition coefficient (Wildman–Crippen LogP) is 4.90.